The third-order valence-corrected chi connectivity index (χ3v) is 5.31. The maximum absolute atomic E-state index is 12.3. The fraction of sp³-hybridized carbons (Fsp3) is 0.235. The first-order valence-electron chi connectivity index (χ1n) is 7.01. The summed E-state index contributed by atoms with van der Waals surface area (Å²) in [6, 6.07) is 13.2. The highest BCUT2D eigenvalue weighted by Crippen LogP contribution is 2.36. The van der Waals surface area contributed by atoms with Crippen molar-refractivity contribution in [2.24, 2.45) is 0 Å². The topological polar surface area (TPSA) is 29.1 Å². The van der Waals surface area contributed by atoms with Gasteiger partial charge in [-0.15, -0.1) is 11.8 Å². The average Bonchev–Trinajstić information content (AvgIpc) is 2.51. The first kappa shape index (κ1) is 17.2. The predicted octanol–water partition coefficient (Wildman–Crippen LogP) is 5.68. The molecule has 0 heterocycles. The van der Waals surface area contributed by atoms with Crippen LogP contribution in [0.15, 0.2) is 47.4 Å². The molecule has 2 nitrogen and oxygen atoms in total. The van der Waals surface area contributed by atoms with E-state index in [-0.39, 0.29) is 11.2 Å². The van der Waals surface area contributed by atoms with E-state index in [1.807, 2.05) is 31.2 Å². The van der Waals surface area contributed by atoms with Gasteiger partial charge >= 0.3 is 0 Å². The van der Waals surface area contributed by atoms with Gasteiger partial charge in [-0.25, -0.2) is 0 Å². The second-order valence-corrected chi connectivity index (χ2v) is 7.02. The van der Waals surface area contributed by atoms with Gasteiger partial charge in [0.15, 0.2) is 0 Å². The summed E-state index contributed by atoms with van der Waals surface area (Å²) < 4.78 is 0. The van der Waals surface area contributed by atoms with Crippen molar-refractivity contribution in [2.75, 3.05) is 5.32 Å². The Labute approximate surface area is 145 Å². The number of thioether (sulfide) groups is 1. The van der Waals surface area contributed by atoms with Crippen molar-refractivity contribution < 1.29 is 4.79 Å². The van der Waals surface area contributed by atoms with E-state index < -0.39 is 0 Å². The number of benzene rings is 2. The van der Waals surface area contributed by atoms with Gasteiger partial charge in [-0.2, -0.15) is 0 Å². The number of amides is 1. The number of aryl methyl sites for hydroxylation is 1. The first-order chi connectivity index (χ1) is 10.5. The zero-order chi connectivity index (χ0) is 16.1. The molecule has 2 aromatic rings. The van der Waals surface area contributed by atoms with Gasteiger partial charge < -0.3 is 5.32 Å². The van der Waals surface area contributed by atoms with Crippen LogP contribution in [0.5, 0.6) is 0 Å². The largest absolute Gasteiger partial charge is 0.325 e. The molecule has 5 heteroatoms. The van der Waals surface area contributed by atoms with Crippen LogP contribution in [0.3, 0.4) is 0 Å². The van der Waals surface area contributed by atoms with E-state index >= 15 is 0 Å². The van der Waals surface area contributed by atoms with Crippen LogP contribution in [0.2, 0.25) is 10.0 Å². The summed E-state index contributed by atoms with van der Waals surface area (Å²) in [5.74, 6) is -0.0785. The summed E-state index contributed by atoms with van der Waals surface area (Å²) in [5, 5.41) is 3.72. The molecule has 116 valence electrons. The van der Waals surface area contributed by atoms with Gasteiger partial charge in [0.1, 0.15) is 0 Å². The number of carbonyl (C=O) groups excluding carboxylic acids is 1. The van der Waals surface area contributed by atoms with Gasteiger partial charge in [0.25, 0.3) is 0 Å². The van der Waals surface area contributed by atoms with Crippen molar-refractivity contribution in [3.8, 4) is 0 Å². The van der Waals surface area contributed by atoms with E-state index in [0.29, 0.717) is 10.0 Å². The molecule has 0 aliphatic rings. The van der Waals surface area contributed by atoms with E-state index in [1.54, 1.807) is 18.2 Å². The van der Waals surface area contributed by atoms with E-state index in [1.165, 1.54) is 17.3 Å². The lowest BCUT2D eigenvalue weighted by Crippen LogP contribution is -2.22. The fourth-order valence-electron chi connectivity index (χ4n) is 1.89. The van der Waals surface area contributed by atoms with E-state index in [9.17, 15) is 4.79 Å². The number of carbonyl (C=O) groups is 1. The minimum atomic E-state index is -0.303. The molecule has 2 rings (SSSR count). The molecule has 0 radical (unpaired) electrons. The number of nitrogens with one attached hydrogen (secondary N) is 1. The van der Waals surface area contributed by atoms with Crippen molar-refractivity contribution in [3.05, 3.63) is 58.1 Å². The van der Waals surface area contributed by atoms with Crippen LogP contribution in [0, 0.1) is 0 Å². The summed E-state index contributed by atoms with van der Waals surface area (Å²) in [7, 11) is 0. The minimum absolute atomic E-state index is 0.0785. The smallest absolute Gasteiger partial charge is 0.237 e. The molecule has 0 aromatic heterocycles. The zero-order valence-corrected chi connectivity index (χ0v) is 14.7. The fourth-order valence-corrected chi connectivity index (χ4v) is 3.44. The van der Waals surface area contributed by atoms with Crippen LogP contribution in [0.1, 0.15) is 19.4 Å². The number of halogens is 2. The second-order valence-electron chi connectivity index (χ2n) is 4.85. The Kier molecular flexibility index (Phi) is 6.18. The summed E-state index contributed by atoms with van der Waals surface area (Å²) in [5.41, 5.74) is 2.03. The van der Waals surface area contributed by atoms with Crippen molar-refractivity contribution in [1.29, 1.82) is 0 Å². The number of rotatable bonds is 5. The number of hydrogen-bond acceptors (Lipinski definition) is 2. The van der Waals surface area contributed by atoms with Crippen molar-refractivity contribution in [1.82, 2.24) is 0 Å². The van der Waals surface area contributed by atoms with Crippen LogP contribution in [-0.4, -0.2) is 11.2 Å². The van der Waals surface area contributed by atoms with Crippen LogP contribution in [0.25, 0.3) is 0 Å². The van der Waals surface area contributed by atoms with Gasteiger partial charge in [-0.3, -0.25) is 4.79 Å². The third-order valence-electron chi connectivity index (χ3n) is 3.21. The Morgan fingerprint density at radius 3 is 2.27 bits per heavy atom. The van der Waals surface area contributed by atoms with E-state index in [4.69, 9.17) is 23.2 Å². The number of hydrogen-bond donors (Lipinski definition) is 1. The lowest BCUT2D eigenvalue weighted by molar-refractivity contribution is -0.115. The maximum atomic E-state index is 12.3. The molecule has 1 amide bonds. The van der Waals surface area contributed by atoms with E-state index in [0.717, 1.165) is 17.0 Å². The molecule has 0 fully saturated rings. The molecule has 1 N–H and O–H groups in total. The summed E-state index contributed by atoms with van der Waals surface area (Å²) >= 11 is 13.6. The Bertz CT molecular complexity index is 638. The molecule has 0 bridgehead atoms. The SMILES string of the molecule is CCc1ccc(NC(=O)[C@@H](C)Sc2c(Cl)cccc2Cl)cc1. The zero-order valence-electron chi connectivity index (χ0n) is 12.4. The monoisotopic (exact) mass is 353 g/mol. The quantitative estimate of drug-likeness (QED) is 0.701. The van der Waals surface area contributed by atoms with Crippen LogP contribution >= 0.6 is 35.0 Å². The Hall–Kier alpha value is -1.16. The van der Waals surface area contributed by atoms with Gasteiger partial charge in [-0.1, -0.05) is 48.3 Å². The van der Waals surface area contributed by atoms with Crippen LogP contribution in [0.4, 0.5) is 5.69 Å². The molecule has 22 heavy (non-hydrogen) atoms. The molecule has 1 atom stereocenters. The van der Waals surface area contributed by atoms with Crippen molar-refractivity contribution in [3.63, 3.8) is 0 Å². The second kappa shape index (κ2) is 7.91. The molecule has 0 spiro atoms. The molecule has 0 saturated heterocycles. The van der Waals surface area contributed by atoms with Crippen molar-refractivity contribution in [2.45, 2.75) is 30.4 Å². The average molecular weight is 354 g/mol. The molecule has 0 aliphatic carbocycles. The van der Waals surface area contributed by atoms with Gasteiger partial charge in [0.2, 0.25) is 5.91 Å². The lowest BCUT2D eigenvalue weighted by atomic mass is 10.1. The van der Waals surface area contributed by atoms with Gasteiger partial charge in [-0.05, 0) is 43.2 Å². The molecular weight excluding hydrogens is 337 g/mol. The van der Waals surface area contributed by atoms with Crippen molar-refractivity contribution >= 4 is 46.6 Å². The molecule has 2 aromatic carbocycles. The summed E-state index contributed by atoms with van der Waals surface area (Å²) in [6.07, 6.45) is 0.978. The lowest BCUT2D eigenvalue weighted by Gasteiger charge is -2.14. The van der Waals surface area contributed by atoms with Gasteiger partial charge in [0, 0.05) is 10.6 Å². The molecule has 0 saturated carbocycles. The Morgan fingerprint density at radius 2 is 1.73 bits per heavy atom. The molecule has 0 aliphatic heterocycles. The highest BCUT2D eigenvalue weighted by Gasteiger charge is 2.17. The van der Waals surface area contributed by atoms with Crippen LogP contribution < -0.4 is 5.32 Å². The predicted molar refractivity (Wildman–Crippen MR) is 96.2 cm³/mol. The first-order valence-corrected chi connectivity index (χ1v) is 8.65. The van der Waals surface area contributed by atoms with E-state index in [2.05, 4.69) is 12.2 Å². The summed E-state index contributed by atoms with van der Waals surface area (Å²) in [6.45, 7) is 3.93. The summed E-state index contributed by atoms with van der Waals surface area (Å²) in [4.78, 5) is 13.0. The number of anilines is 1. The third kappa shape index (κ3) is 4.42. The van der Waals surface area contributed by atoms with Crippen LogP contribution in [-0.2, 0) is 11.2 Å². The minimum Gasteiger partial charge on any atom is -0.325 e. The highest BCUT2D eigenvalue weighted by molar-refractivity contribution is 8.00. The van der Waals surface area contributed by atoms with Gasteiger partial charge in [0.05, 0.1) is 15.3 Å². The Balaban J connectivity index is 2.02. The highest BCUT2D eigenvalue weighted by atomic mass is 35.5. The Morgan fingerprint density at radius 1 is 1.14 bits per heavy atom. The standard InChI is InChI=1S/C17H17Cl2NOS/c1-3-12-7-9-13(10-8-12)20-17(21)11(2)22-16-14(18)5-4-6-15(16)19/h4-11H,3H2,1-2H3,(H,20,21)/t11-/m1/s1. The molecule has 0 unspecified atom stereocenters. The molecular formula is C17H17Cl2NOS. The maximum Gasteiger partial charge on any atom is 0.237 e. The normalized spacial score (nSPS) is 12.0.